The molecule has 0 spiro atoms. The number of alkyl halides is 1. The van der Waals surface area contributed by atoms with Gasteiger partial charge in [0.15, 0.2) is 0 Å². The molecule has 1 N–H and O–H groups in total. The van der Waals surface area contributed by atoms with Crippen molar-refractivity contribution in [1.29, 1.82) is 0 Å². The van der Waals surface area contributed by atoms with E-state index in [4.69, 9.17) is 16.3 Å². The van der Waals surface area contributed by atoms with Gasteiger partial charge in [0.1, 0.15) is 0 Å². The van der Waals surface area contributed by atoms with Crippen molar-refractivity contribution in [2.24, 2.45) is 5.41 Å². The number of halogens is 1. The number of hydrogen-bond donors (Lipinski definition) is 1. The molecular formula is C14H23ClN2O. The monoisotopic (exact) mass is 270 g/mol. The van der Waals surface area contributed by atoms with E-state index < -0.39 is 0 Å². The van der Waals surface area contributed by atoms with Gasteiger partial charge in [-0.1, -0.05) is 26.8 Å². The van der Waals surface area contributed by atoms with Gasteiger partial charge in [-0.05, 0) is 17.9 Å². The van der Waals surface area contributed by atoms with Crippen molar-refractivity contribution >= 4 is 11.6 Å². The third-order valence-electron chi connectivity index (χ3n) is 2.56. The third-order valence-corrected chi connectivity index (χ3v) is 2.87. The Morgan fingerprint density at radius 3 is 2.78 bits per heavy atom. The highest BCUT2D eigenvalue weighted by atomic mass is 35.5. The number of aromatic nitrogens is 1. The number of nitrogens with one attached hydrogen (secondary N) is 1. The van der Waals surface area contributed by atoms with Crippen LogP contribution in [0.4, 0.5) is 0 Å². The van der Waals surface area contributed by atoms with Crippen molar-refractivity contribution in [3.63, 3.8) is 0 Å². The van der Waals surface area contributed by atoms with E-state index in [1.54, 1.807) is 13.3 Å². The molecule has 0 aromatic carbocycles. The summed E-state index contributed by atoms with van der Waals surface area (Å²) >= 11 is 6.30. The van der Waals surface area contributed by atoms with Crippen LogP contribution in [0.5, 0.6) is 5.88 Å². The molecule has 0 aliphatic heterocycles. The van der Waals surface area contributed by atoms with Crippen LogP contribution >= 0.6 is 11.6 Å². The first-order valence-corrected chi connectivity index (χ1v) is 6.68. The molecule has 0 saturated heterocycles. The summed E-state index contributed by atoms with van der Waals surface area (Å²) in [4.78, 5) is 4.16. The van der Waals surface area contributed by atoms with Crippen molar-refractivity contribution in [3.05, 3.63) is 23.9 Å². The van der Waals surface area contributed by atoms with Crippen molar-refractivity contribution in [1.82, 2.24) is 10.3 Å². The smallest absolute Gasteiger partial charge is 0.217 e. The lowest BCUT2D eigenvalue weighted by atomic mass is 9.90. The van der Waals surface area contributed by atoms with Crippen LogP contribution in [-0.2, 0) is 6.54 Å². The molecule has 1 rings (SSSR count). The molecule has 0 aliphatic carbocycles. The van der Waals surface area contributed by atoms with Gasteiger partial charge in [-0.2, -0.15) is 0 Å². The Kier molecular flexibility index (Phi) is 5.89. The van der Waals surface area contributed by atoms with Crippen LogP contribution in [0, 0.1) is 5.41 Å². The van der Waals surface area contributed by atoms with Crippen LogP contribution in [-0.4, -0.2) is 24.0 Å². The number of rotatable bonds is 6. The fraction of sp³-hybridized carbons (Fsp3) is 0.643. The Morgan fingerprint density at radius 2 is 2.17 bits per heavy atom. The minimum absolute atomic E-state index is 0.146. The molecule has 0 fully saturated rings. The van der Waals surface area contributed by atoms with E-state index in [9.17, 15) is 0 Å². The average Bonchev–Trinajstić information content (AvgIpc) is 2.27. The summed E-state index contributed by atoms with van der Waals surface area (Å²) < 4.78 is 5.20. The maximum atomic E-state index is 6.30. The lowest BCUT2D eigenvalue weighted by molar-refractivity contribution is 0.363. The van der Waals surface area contributed by atoms with E-state index in [1.807, 2.05) is 12.1 Å². The van der Waals surface area contributed by atoms with Crippen LogP contribution < -0.4 is 10.1 Å². The molecule has 0 radical (unpaired) electrons. The molecule has 18 heavy (non-hydrogen) atoms. The molecule has 1 aromatic rings. The molecule has 1 atom stereocenters. The van der Waals surface area contributed by atoms with Gasteiger partial charge >= 0.3 is 0 Å². The Labute approximate surface area is 115 Å². The lowest BCUT2D eigenvalue weighted by Crippen LogP contribution is -2.26. The van der Waals surface area contributed by atoms with Crippen molar-refractivity contribution < 1.29 is 4.74 Å². The summed E-state index contributed by atoms with van der Waals surface area (Å²) in [7, 11) is 1.63. The summed E-state index contributed by atoms with van der Waals surface area (Å²) in [6.07, 6.45) is 2.72. The standard InChI is InChI=1S/C14H23ClN2O/c1-14(2,3)8-12(15)10-16-9-11-6-5-7-17-13(11)18-4/h5-7,12,16H,8-10H2,1-4H3. The molecule has 0 aliphatic rings. The second-order valence-corrected chi connectivity index (χ2v) is 6.28. The fourth-order valence-corrected chi connectivity index (χ4v) is 2.41. The van der Waals surface area contributed by atoms with Gasteiger partial charge in [0.05, 0.1) is 7.11 Å². The summed E-state index contributed by atoms with van der Waals surface area (Å²) in [6, 6.07) is 3.92. The number of methoxy groups -OCH3 is 1. The van der Waals surface area contributed by atoms with Gasteiger partial charge in [0.2, 0.25) is 5.88 Å². The molecule has 102 valence electrons. The van der Waals surface area contributed by atoms with Gasteiger partial charge in [0.25, 0.3) is 0 Å². The van der Waals surface area contributed by atoms with Crippen molar-refractivity contribution in [2.75, 3.05) is 13.7 Å². The highest BCUT2D eigenvalue weighted by Crippen LogP contribution is 2.23. The minimum atomic E-state index is 0.146. The average molecular weight is 271 g/mol. The zero-order valence-corrected chi connectivity index (χ0v) is 12.4. The molecule has 0 amide bonds. The van der Waals surface area contributed by atoms with Gasteiger partial charge in [-0.15, -0.1) is 11.6 Å². The van der Waals surface area contributed by atoms with Crippen molar-refractivity contribution in [2.45, 2.75) is 39.1 Å². The predicted molar refractivity (Wildman–Crippen MR) is 76.2 cm³/mol. The highest BCUT2D eigenvalue weighted by molar-refractivity contribution is 6.20. The summed E-state index contributed by atoms with van der Waals surface area (Å²) in [5, 5.41) is 3.49. The molecule has 1 aromatic heterocycles. The van der Waals surface area contributed by atoms with Gasteiger partial charge < -0.3 is 10.1 Å². The number of nitrogens with zero attached hydrogens (tertiary/aromatic N) is 1. The quantitative estimate of drug-likeness (QED) is 0.806. The maximum Gasteiger partial charge on any atom is 0.217 e. The number of hydrogen-bond acceptors (Lipinski definition) is 3. The molecule has 3 nitrogen and oxygen atoms in total. The SMILES string of the molecule is COc1ncccc1CNCC(Cl)CC(C)(C)C. The molecular weight excluding hydrogens is 248 g/mol. The predicted octanol–water partition coefficient (Wildman–Crippen LogP) is 3.22. The summed E-state index contributed by atoms with van der Waals surface area (Å²) in [6.45, 7) is 8.12. The fourth-order valence-electron chi connectivity index (χ4n) is 1.84. The first-order chi connectivity index (χ1) is 8.42. The lowest BCUT2D eigenvalue weighted by Gasteiger charge is -2.22. The van der Waals surface area contributed by atoms with E-state index in [0.29, 0.717) is 5.88 Å². The maximum absolute atomic E-state index is 6.30. The van der Waals surface area contributed by atoms with Crippen LogP contribution in [0.2, 0.25) is 0 Å². The minimum Gasteiger partial charge on any atom is -0.481 e. The van der Waals surface area contributed by atoms with Gasteiger partial charge in [-0.25, -0.2) is 4.98 Å². The zero-order chi connectivity index (χ0) is 13.6. The van der Waals surface area contributed by atoms with Crippen LogP contribution in [0.15, 0.2) is 18.3 Å². The van der Waals surface area contributed by atoms with E-state index in [1.165, 1.54) is 0 Å². The van der Waals surface area contributed by atoms with E-state index in [-0.39, 0.29) is 10.8 Å². The largest absolute Gasteiger partial charge is 0.481 e. The second-order valence-electron chi connectivity index (χ2n) is 5.66. The van der Waals surface area contributed by atoms with Crippen LogP contribution in [0.3, 0.4) is 0 Å². The van der Waals surface area contributed by atoms with E-state index in [2.05, 4.69) is 31.1 Å². The summed E-state index contributed by atoms with van der Waals surface area (Å²) in [5.41, 5.74) is 1.32. The summed E-state index contributed by atoms with van der Waals surface area (Å²) in [5.74, 6) is 0.673. The number of pyridine rings is 1. The highest BCUT2D eigenvalue weighted by Gasteiger charge is 2.16. The molecule has 1 heterocycles. The molecule has 0 saturated carbocycles. The Morgan fingerprint density at radius 1 is 1.44 bits per heavy atom. The van der Waals surface area contributed by atoms with Gasteiger partial charge in [-0.3, -0.25) is 0 Å². The first kappa shape index (κ1) is 15.3. The molecule has 1 unspecified atom stereocenters. The topological polar surface area (TPSA) is 34.1 Å². The van der Waals surface area contributed by atoms with E-state index >= 15 is 0 Å². The first-order valence-electron chi connectivity index (χ1n) is 6.25. The Hall–Kier alpha value is -0.800. The van der Waals surface area contributed by atoms with Crippen LogP contribution in [0.1, 0.15) is 32.8 Å². The molecule has 4 heteroatoms. The Balaban J connectivity index is 2.37. The zero-order valence-electron chi connectivity index (χ0n) is 11.7. The van der Waals surface area contributed by atoms with Crippen molar-refractivity contribution in [3.8, 4) is 5.88 Å². The van der Waals surface area contributed by atoms with E-state index in [0.717, 1.165) is 25.1 Å². The van der Waals surface area contributed by atoms with Crippen LogP contribution in [0.25, 0.3) is 0 Å². The second kappa shape index (κ2) is 6.95. The number of ether oxygens (including phenoxy) is 1. The molecule has 0 bridgehead atoms. The Bertz CT molecular complexity index is 363. The normalized spacial score (nSPS) is 13.4. The third kappa shape index (κ3) is 5.69. The van der Waals surface area contributed by atoms with Gasteiger partial charge in [0, 0.05) is 30.2 Å².